The highest BCUT2D eigenvalue weighted by atomic mass is 16.7. The van der Waals surface area contributed by atoms with Gasteiger partial charge in [-0.05, 0) is 62.5 Å². The van der Waals surface area contributed by atoms with E-state index in [0.29, 0.717) is 25.4 Å². The lowest BCUT2D eigenvalue weighted by Crippen LogP contribution is -2.38. The first kappa shape index (κ1) is 33.2. The average Bonchev–Trinajstić information content (AvgIpc) is 3.41. The molecule has 6 heteroatoms. The standard InChI is InChI=1S/C21H28N2O4.C13H24/c1-2-3-4-9-20(24)26-15-27-21(25)23-12-10-16(11-13-23)18-14-22-19-8-6-5-7-17(18)19;1-3-5-7-9-11-13-12-10-8-6-4-2/h5-8,14,16,22H,2-4,9-13,15H2,1H3;7,9,12-13H,3-6,8,10-11H2,1-2H3/b;9-7-,13-12-. The molecule has 0 saturated carbocycles. The first-order valence-corrected chi connectivity index (χ1v) is 15.5. The third kappa shape index (κ3) is 12.9. The molecule has 0 aliphatic carbocycles. The van der Waals surface area contributed by atoms with Crippen molar-refractivity contribution < 1.29 is 19.1 Å². The minimum absolute atomic E-state index is 0.299. The molecular weight excluding hydrogens is 500 g/mol. The number of aromatic nitrogens is 1. The van der Waals surface area contributed by atoms with Crippen LogP contribution in [0.5, 0.6) is 0 Å². The molecule has 0 unspecified atom stereocenters. The van der Waals surface area contributed by atoms with E-state index >= 15 is 0 Å². The summed E-state index contributed by atoms with van der Waals surface area (Å²) in [5.41, 5.74) is 2.47. The van der Waals surface area contributed by atoms with Gasteiger partial charge in [-0.2, -0.15) is 0 Å². The zero-order valence-corrected chi connectivity index (χ0v) is 25.2. The number of ether oxygens (including phenoxy) is 2. The van der Waals surface area contributed by atoms with Crippen molar-refractivity contribution >= 4 is 23.0 Å². The van der Waals surface area contributed by atoms with E-state index in [-0.39, 0.29) is 12.8 Å². The van der Waals surface area contributed by atoms with Gasteiger partial charge >= 0.3 is 12.1 Å². The van der Waals surface area contributed by atoms with Crippen molar-refractivity contribution in [3.63, 3.8) is 0 Å². The summed E-state index contributed by atoms with van der Waals surface area (Å²) in [5.74, 6) is 0.121. The number of rotatable bonds is 15. The van der Waals surface area contributed by atoms with E-state index in [0.717, 1.165) is 44.0 Å². The fraction of sp³-hybridized carbons (Fsp3) is 0.588. The lowest BCUT2D eigenvalue weighted by molar-refractivity contribution is -0.152. The Morgan fingerprint density at radius 3 is 2.30 bits per heavy atom. The van der Waals surface area contributed by atoms with Crippen molar-refractivity contribution in [2.24, 2.45) is 0 Å². The van der Waals surface area contributed by atoms with Gasteiger partial charge in [0.2, 0.25) is 6.79 Å². The fourth-order valence-electron chi connectivity index (χ4n) is 4.82. The summed E-state index contributed by atoms with van der Waals surface area (Å²) in [4.78, 5) is 28.7. The highest BCUT2D eigenvalue weighted by Crippen LogP contribution is 2.33. The number of esters is 1. The number of hydrogen-bond acceptors (Lipinski definition) is 4. The molecule has 0 spiro atoms. The van der Waals surface area contributed by atoms with Gasteiger partial charge in [0.1, 0.15) is 0 Å². The summed E-state index contributed by atoms with van der Waals surface area (Å²) < 4.78 is 10.1. The van der Waals surface area contributed by atoms with Crippen LogP contribution in [0.3, 0.4) is 0 Å². The van der Waals surface area contributed by atoms with Crippen LogP contribution in [0.4, 0.5) is 4.79 Å². The second kappa shape index (κ2) is 20.8. The first-order valence-electron chi connectivity index (χ1n) is 15.5. The van der Waals surface area contributed by atoms with E-state index in [2.05, 4.69) is 74.5 Å². The van der Waals surface area contributed by atoms with Crippen LogP contribution in [0.2, 0.25) is 0 Å². The molecule has 1 aliphatic rings. The number of allylic oxidation sites excluding steroid dienone is 4. The average molecular weight is 553 g/mol. The summed E-state index contributed by atoms with van der Waals surface area (Å²) in [6.07, 6.45) is 24.7. The van der Waals surface area contributed by atoms with Crippen LogP contribution in [0.15, 0.2) is 54.8 Å². The maximum absolute atomic E-state index is 12.2. The van der Waals surface area contributed by atoms with Crippen molar-refractivity contribution in [1.29, 1.82) is 0 Å². The number of nitrogens with zero attached hydrogens (tertiary/aromatic N) is 1. The molecule has 2 heterocycles. The Morgan fingerprint density at radius 1 is 0.875 bits per heavy atom. The minimum Gasteiger partial charge on any atom is -0.428 e. The predicted molar refractivity (Wildman–Crippen MR) is 165 cm³/mol. The van der Waals surface area contributed by atoms with Gasteiger partial charge in [0.25, 0.3) is 0 Å². The Hall–Kier alpha value is -3.02. The Balaban J connectivity index is 0.000000366. The molecule has 1 N–H and O–H groups in total. The van der Waals surface area contributed by atoms with Gasteiger partial charge in [0, 0.05) is 36.6 Å². The van der Waals surface area contributed by atoms with E-state index in [9.17, 15) is 9.59 Å². The molecule has 222 valence electrons. The number of H-pyrrole nitrogens is 1. The summed E-state index contributed by atoms with van der Waals surface area (Å²) in [5, 5.41) is 1.26. The number of piperidine rings is 1. The van der Waals surface area contributed by atoms with Gasteiger partial charge in [-0.1, -0.05) is 95.4 Å². The molecule has 2 aromatic rings. The van der Waals surface area contributed by atoms with E-state index in [1.54, 1.807) is 4.90 Å². The summed E-state index contributed by atoms with van der Waals surface area (Å²) in [7, 11) is 0. The number of amides is 1. The van der Waals surface area contributed by atoms with Crippen LogP contribution >= 0.6 is 0 Å². The summed E-state index contributed by atoms with van der Waals surface area (Å²) in [6, 6.07) is 8.29. The minimum atomic E-state index is -0.409. The van der Waals surface area contributed by atoms with Gasteiger partial charge in [-0.25, -0.2) is 4.79 Å². The number of nitrogens with one attached hydrogen (secondary N) is 1. The van der Waals surface area contributed by atoms with Crippen LogP contribution in [-0.2, 0) is 14.3 Å². The van der Waals surface area contributed by atoms with Crippen LogP contribution in [-0.4, -0.2) is 41.8 Å². The van der Waals surface area contributed by atoms with Crippen molar-refractivity contribution in [2.45, 2.75) is 110 Å². The zero-order valence-electron chi connectivity index (χ0n) is 25.2. The number of hydrogen-bond donors (Lipinski definition) is 1. The number of fused-ring (bicyclic) bond motifs is 1. The van der Waals surface area contributed by atoms with E-state index < -0.39 is 6.09 Å². The Morgan fingerprint density at radius 2 is 1.57 bits per heavy atom. The highest BCUT2D eigenvalue weighted by molar-refractivity contribution is 5.83. The fourth-order valence-corrected chi connectivity index (χ4v) is 4.82. The molecule has 1 amide bonds. The molecule has 0 atom stereocenters. The number of carbonyl (C=O) groups excluding carboxylic acids is 2. The third-order valence-corrected chi connectivity index (χ3v) is 7.24. The molecule has 0 radical (unpaired) electrons. The van der Waals surface area contributed by atoms with Gasteiger partial charge in [-0.15, -0.1) is 0 Å². The monoisotopic (exact) mass is 552 g/mol. The molecule has 1 saturated heterocycles. The quantitative estimate of drug-likeness (QED) is 0.103. The van der Waals surface area contributed by atoms with Crippen LogP contribution in [0, 0.1) is 0 Å². The molecule has 1 aromatic heterocycles. The molecular formula is C34H52N2O4. The first-order chi connectivity index (χ1) is 19.6. The second-order valence-corrected chi connectivity index (χ2v) is 10.5. The number of unbranched alkanes of at least 4 members (excludes halogenated alkanes) is 6. The SMILES string of the molecule is CCC/C=C\C/C=C\CCCCC.CCCCCC(=O)OCOC(=O)N1CCC(c2c[nH]c3ccccc23)CC1. The van der Waals surface area contributed by atoms with Crippen molar-refractivity contribution in [2.75, 3.05) is 19.9 Å². The maximum atomic E-state index is 12.2. The molecule has 1 aromatic carbocycles. The molecule has 0 bridgehead atoms. The van der Waals surface area contributed by atoms with Gasteiger partial charge in [-0.3, -0.25) is 4.79 Å². The number of likely N-dealkylation sites (tertiary alicyclic amines) is 1. The van der Waals surface area contributed by atoms with E-state index in [1.807, 2.05) is 6.07 Å². The number of carbonyl (C=O) groups is 2. The Labute approximate surface area is 242 Å². The summed E-state index contributed by atoms with van der Waals surface area (Å²) >= 11 is 0. The smallest absolute Gasteiger partial charge is 0.412 e. The van der Waals surface area contributed by atoms with Crippen molar-refractivity contribution in [3.8, 4) is 0 Å². The van der Waals surface area contributed by atoms with Crippen molar-refractivity contribution in [1.82, 2.24) is 9.88 Å². The Bertz CT molecular complexity index is 1020. The topological polar surface area (TPSA) is 71.6 Å². The molecule has 1 aliphatic heterocycles. The van der Waals surface area contributed by atoms with Crippen LogP contribution in [0.25, 0.3) is 10.9 Å². The van der Waals surface area contributed by atoms with Crippen molar-refractivity contribution in [3.05, 3.63) is 60.3 Å². The molecule has 40 heavy (non-hydrogen) atoms. The number of benzene rings is 1. The molecule has 3 rings (SSSR count). The largest absolute Gasteiger partial charge is 0.428 e. The van der Waals surface area contributed by atoms with Gasteiger partial charge < -0.3 is 19.4 Å². The predicted octanol–water partition coefficient (Wildman–Crippen LogP) is 9.43. The lowest BCUT2D eigenvalue weighted by Gasteiger charge is -2.31. The highest BCUT2D eigenvalue weighted by Gasteiger charge is 2.26. The number of aromatic amines is 1. The zero-order chi connectivity index (χ0) is 28.8. The number of para-hydroxylation sites is 1. The lowest BCUT2D eigenvalue weighted by atomic mass is 9.89. The molecule has 6 nitrogen and oxygen atoms in total. The molecule has 1 fully saturated rings. The normalized spacial score (nSPS) is 14.0. The van der Waals surface area contributed by atoms with Crippen LogP contribution in [0.1, 0.15) is 116 Å². The van der Waals surface area contributed by atoms with Gasteiger partial charge in [0.05, 0.1) is 0 Å². The summed E-state index contributed by atoms with van der Waals surface area (Å²) in [6.45, 7) is 7.53. The second-order valence-electron chi connectivity index (χ2n) is 10.5. The van der Waals surface area contributed by atoms with Crippen LogP contribution < -0.4 is 0 Å². The third-order valence-electron chi connectivity index (χ3n) is 7.24. The van der Waals surface area contributed by atoms with E-state index in [1.165, 1.54) is 49.5 Å². The maximum Gasteiger partial charge on any atom is 0.412 e. The Kier molecular flexibility index (Phi) is 17.3. The van der Waals surface area contributed by atoms with Gasteiger partial charge in [0.15, 0.2) is 0 Å². The van der Waals surface area contributed by atoms with E-state index in [4.69, 9.17) is 9.47 Å².